The van der Waals surface area contributed by atoms with Crippen LogP contribution in [-0.2, 0) is 18.4 Å². The molecule has 1 amide bonds. The van der Waals surface area contributed by atoms with Crippen molar-refractivity contribution in [3.05, 3.63) is 58.6 Å². The Kier molecular flexibility index (Phi) is 4.11. The highest BCUT2D eigenvalue weighted by molar-refractivity contribution is 9.10. The molecule has 0 aliphatic rings. The second-order valence-electron chi connectivity index (χ2n) is 4.82. The SMILES string of the molecule is Cn1nc(NC(=O)OCc2ccccc2)c2ccc(Br)cc21. The fraction of sp³-hybridized carbons (Fsp3) is 0.125. The highest BCUT2D eigenvalue weighted by atomic mass is 79.9. The van der Waals surface area contributed by atoms with E-state index in [1.54, 1.807) is 4.68 Å². The Morgan fingerprint density at radius 3 is 2.82 bits per heavy atom. The number of carbonyl (C=O) groups excluding carboxylic acids is 1. The molecule has 0 aliphatic heterocycles. The van der Waals surface area contributed by atoms with Crippen molar-refractivity contribution in [3.8, 4) is 0 Å². The molecule has 22 heavy (non-hydrogen) atoms. The largest absolute Gasteiger partial charge is 0.444 e. The molecule has 3 rings (SSSR count). The number of benzene rings is 2. The summed E-state index contributed by atoms with van der Waals surface area (Å²) >= 11 is 3.42. The van der Waals surface area contributed by atoms with Crippen LogP contribution in [0.1, 0.15) is 5.56 Å². The quantitative estimate of drug-likeness (QED) is 0.766. The second kappa shape index (κ2) is 6.19. The summed E-state index contributed by atoms with van der Waals surface area (Å²) in [6, 6.07) is 15.3. The molecule has 5 nitrogen and oxygen atoms in total. The molecule has 0 saturated heterocycles. The van der Waals surface area contributed by atoms with Gasteiger partial charge in [-0.3, -0.25) is 10.00 Å². The van der Waals surface area contributed by atoms with Crippen molar-refractivity contribution in [1.82, 2.24) is 9.78 Å². The molecule has 2 aromatic carbocycles. The molecule has 0 unspecified atom stereocenters. The number of hydrogen-bond acceptors (Lipinski definition) is 3. The molecule has 1 heterocycles. The van der Waals surface area contributed by atoms with Crippen LogP contribution in [0.3, 0.4) is 0 Å². The Morgan fingerprint density at radius 1 is 1.27 bits per heavy atom. The lowest BCUT2D eigenvalue weighted by molar-refractivity contribution is 0.155. The van der Waals surface area contributed by atoms with E-state index >= 15 is 0 Å². The van der Waals surface area contributed by atoms with Gasteiger partial charge in [-0.25, -0.2) is 4.79 Å². The van der Waals surface area contributed by atoms with Crippen LogP contribution in [0.2, 0.25) is 0 Å². The Hall–Kier alpha value is -2.34. The topological polar surface area (TPSA) is 56.2 Å². The van der Waals surface area contributed by atoms with E-state index in [2.05, 4.69) is 26.3 Å². The molecule has 1 N–H and O–H groups in total. The van der Waals surface area contributed by atoms with Gasteiger partial charge in [0.1, 0.15) is 6.61 Å². The Morgan fingerprint density at radius 2 is 2.05 bits per heavy atom. The molecule has 0 radical (unpaired) electrons. The van der Waals surface area contributed by atoms with Crippen molar-refractivity contribution in [3.63, 3.8) is 0 Å². The van der Waals surface area contributed by atoms with Crippen LogP contribution in [0.15, 0.2) is 53.0 Å². The number of nitrogens with zero attached hydrogens (tertiary/aromatic N) is 2. The van der Waals surface area contributed by atoms with Gasteiger partial charge in [-0.05, 0) is 23.8 Å². The van der Waals surface area contributed by atoms with E-state index in [9.17, 15) is 4.79 Å². The molecule has 6 heteroatoms. The minimum atomic E-state index is -0.522. The summed E-state index contributed by atoms with van der Waals surface area (Å²) in [7, 11) is 1.83. The van der Waals surface area contributed by atoms with Gasteiger partial charge in [0.2, 0.25) is 0 Å². The first-order valence-electron chi connectivity index (χ1n) is 6.73. The monoisotopic (exact) mass is 359 g/mol. The Labute approximate surface area is 136 Å². The van der Waals surface area contributed by atoms with Crippen molar-refractivity contribution >= 4 is 38.7 Å². The lowest BCUT2D eigenvalue weighted by Crippen LogP contribution is -2.14. The fourth-order valence-electron chi connectivity index (χ4n) is 2.18. The first kappa shape index (κ1) is 14.6. The molecule has 112 valence electrons. The normalized spacial score (nSPS) is 10.6. The first-order chi connectivity index (χ1) is 10.6. The summed E-state index contributed by atoms with van der Waals surface area (Å²) in [5.41, 5.74) is 1.86. The Bertz CT molecular complexity index is 815. The van der Waals surface area contributed by atoms with Crippen LogP contribution in [0.4, 0.5) is 10.6 Å². The fourth-order valence-corrected chi connectivity index (χ4v) is 2.53. The van der Waals surface area contributed by atoms with E-state index in [-0.39, 0.29) is 6.61 Å². The summed E-state index contributed by atoms with van der Waals surface area (Å²) in [5.74, 6) is 0.489. The maximum absolute atomic E-state index is 11.9. The average Bonchev–Trinajstić information content (AvgIpc) is 2.82. The maximum atomic E-state index is 11.9. The van der Waals surface area contributed by atoms with E-state index in [1.807, 2.05) is 55.6 Å². The number of halogens is 1. The van der Waals surface area contributed by atoms with E-state index in [4.69, 9.17) is 4.74 Å². The van der Waals surface area contributed by atoms with Crippen molar-refractivity contribution in [1.29, 1.82) is 0 Å². The molecule has 0 bridgehead atoms. The number of ether oxygens (including phenoxy) is 1. The highest BCUT2D eigenvalue weighted by Crippen LogP contribution is 2.25. The number of amides is 1. The molecule has 0 aliphatic carbocycles. The van der Waals surface area contributed by atoms with Gasteiger partial charge in [-0.1, -0.05) is 46.3 Å². The van der Waals surface area contributed by atoms with E-state index in [0.717, 1.165) is 20.9 Å². The predicted octanol–water partition coefficient (Wildman–Crippen LogP) is 4.08. The maximum Gasteiger partial charge on any atom is 0.413 e. The molecule has 0 atom stereocenters. The summed E-state index contributed by atoms with van der Waals surface area (Å²) in [5, 5.41) is 7.86. The standard InChI is InChI=1S/C16H14BrN3O2/c1-20-14-9-12(17)7-8-13(14)15(19-20)18-16(21)22-10-11-5-3-2-4-6-11/h2-9H,10H2,1H3,(H,18,19,21). The van der Waals surface area contributed by atoms with Gasteiger partial charge in [-0.2, -0.15) is 5.10 Å². The first-order valence-corrected chi connectivity index (χ1v) is 7.53. The van der Waals surface area contributed by atoms with Gasteiger partial charge in [0.15, 0.2) is 5.82 Å². The van der Waals surface area contributed by atoms with E-state index in [1.165, 1.54) is 0 Å². The number of rotatable bonds is 3. The van der Waals surface area contributed by atoms with Crippen LogP contribution in [0, 0.1) is 0 Å². The molecule has 0 saturated carbocycles. The minimum Gasteiger partial charge on any atom is -0.444 e. The molecular weight excluding hydrogens is 346 g/mol. The van der Waals surface area contributed by atoms with Crippen molar-refractivity contribution < 1.29 is 9.53 Å². The number of nitrogens with one attached hydrogen (secondary N) is 1. The van der Waals surface area contributed by atoms with Crippen LogP contribution in [0.25, 0.3) is 10.9 Å². The minimum absolute atomic E-state index is 0.225. The number of hydrogen-bond donors (Lipinski definition) is 1. The zero-order valence-electron chi connectivity index (χ0n) is 11.9. The average molecular weight is 360 g/mol. The van der Waals surface area contributed by atoms with Gasteiger partial charge in [0.05, 0.1) is 5.52 Å². The molecule has 3 aromatic rings. The number of fused-ring (bicyclic) bond motifs is 1. The van der Waals surface area contributed by atoms with Crippen molar-refractivity contribution in [2.75, 3.05) is 5.32 Å². The van der Waals surface area contributed by atoms with Gasteiger partial charge in [0, 0.05) is 16.9 Å². The molecule has 1 aromatic heterocycles. The molecule has 0 spiro atoms. The van der Waals surface area contributed by atoms with Crippen LogP contribution < -0.4 is 5.32 Å². The van der Waals surface area contributed by atoms with E-state index < -0.39 is 6.09 Å². The van der Waals surface area contributed by atoms with E-state index in [0.29, 0.717) is 5.82 Å². The summed E-state index contributed by atoms with van der Waals surface area (Å²) in [6.45, 7) is 0.225. The third kappa shape index (κ3) is 3.12. The lowest BCUT2D eigenvalue weighted by atomic mass is 10.2. The van der Waals surface area contributed by atoms with Crippen LogP contribution in [-0.4, -0.2) is 15.9 Å². The number of aromatic nitrogens is 2. The highest BCUT2D eigenvalue weighted by Gasteiger charge is 2.12. The van der Waals surface area contributed by atoms with Crippen molar-refractivity contribution in [2.24, 2.45) is 7.05 Å². The Balaban J connectivity index is 1.72. The zero-order valence-corrected chi connectivity index (χ0v) is 13.5. The van der Waals surface area contributed by atoms with Gasteiger partial charge in [0.25, 0.3) is 0 Å². The summed E-state index contributed by atoms with van der Waals surface area (Å²) < 4.78 is 7.88. The smallest absolute Gasteiger partial charge is 0.413 e. The van der Waals surface area contributed by atoms with Crippen molar-refractivity contribution in [2.45, 2.75) is 6.61 Å². The number of carbonyl (C=O) groups is 1. The van der Waals surface area contributed by atoms with Gasteiger partial charge < -0.3 is 4.74 Å². The summed E-state index contributed by atoms with van der Waals surface area (Å²) in [6.07, 6.45) is -0.522. The molecule has 0 fully saturated rings. The summed E-state index contributed by atoms with van der Waals surface area (Å²) in [4.78, 5) is 11.9. The second-order valence-corrected chi connectivity index (χ2v) is 5.74. The van der Waals surface area contributed by atoms with Gasteiger partial charge >= 0.3 is 6.09 Å². The van der Waals surface area contributed by atoms with Crippen LogP contribution >= 0.6 is 15.9 Å². The zero-order chi connectivity index (χ0) is 15.5. The third-order valence-corrected chi connectivity index (χ3v) is 3.74. The third-order valence-electron chi connectivity index (χ3n) is 3.25. The van der Waals surface area contributed by atoms with Gasteiger partial charge in [-0.15, -0.1) is 0 Å². The molecular formula is C16H14BrN3O2. The number of anilines is 1. The number of aryl methyl sites for hydroxylation is 1. The predicted molar refractivity (Wildman–Crippen MR) is 88.7 cm³/mol. The lowest BCUT2D eigenvalue weighted by Gasteiger charge is -2.05. The van der Waals surface area contributed by atoms with Crippen LogP contribution in [0.5, 0.6) is 0 Å².